The summed E-state index contributed by atoms with van der Waals surface area (Å²) in [6.45, 7) is 4.08. The number of halogens is 1. The summed E-state index contributed by atoms with van der Waals surface area (Å²) < 4.78 is 1.11. The van der Waals surface area contributed by atoms with E-state index in [-0.39, 0.29) is 0 Å². The van der Waals surface area contributed by atoms with E-state index in [0.717, 1.165) is 46.0 Å². The monoisotopic (exact) mass is 298 g/mol. The maximum absolute atomic E-state index is 4.42. The van der Waals surface area contributed by atoms with Gasteiger partial charge in [-0.1, -0.05) is 0 Å². The standard InChI is InChI=1S/C10H11BrN4S/c11-8-5-7-9(13-6-14-10(7)16-8)15-3-1-12-2-4-15/h5-6,12H,1-4H2. The predicted molar refractivity (Wildman–Crippen MR) is 70.2 cm³/mol. The van der Waals surface area contributed by atoms with Gasteiger partial charge in [-0.2, -0.15) is 0 Å². The average molecular weight is 299 g/mol. The van der Waals surface area contributed by atoms with Gasteiger partial charge in [-0.3, -0.25) is 0 Å². The number of nitrogens with zero attached hydrogens (tertiary/aromatic N) is 3. The summed E-state index contributed by atoms with van der Waals surface area (Å²) in [5.74, 6) is 1.06. The van der Waals surface area contributed by atoms with Crippen LogP contribution in [-0.2, 0) is 0 Å². The van der Waals surface area contributed by atoms with Crippen LogP contribution in [-0.4, -0.2) is 36.1 Å². The summed E-state index contributed by atoms with van der Waals surface area (Å²) >= 11 is 5.16. The maximum Gasteiger partial charge on any atom is 0.140 e. The molecule has 0 spiro atoms. The Kier molecular flexibility index (Phi) is 2.79. The second-order valence-electron chi connectivity index (χ2n) is 3.70. The molecule has 2 aromatic heterocycles. The first-order valence-electron chi connectivity index (χ1n) is 5.20. The largest absolute Gasteiger partial charge is 0.353 e. The van der Waals surface area contributed by atoms with Gasteiger partial charge in [0.05, 0.1) is 9.17 Å². The minimum Gasteiger partial charge on any atom is -0.353 e. The molecule has 0 radical (unpaired) electrons. The second-order valence-corrected chi connectivity index (χ2v) is 6.11. The van der Waals surface area contributed by atoms with E-state index >= 15 is 0 Å². The van der Waals surface area contributed by atoms with Crippen LogP contribution in [0.4, 0.5) is 5.82 Å². The molecule has 1 aliphatic heterocycles. The van der Waals surface area contributed by atoms with Gasteiger partial charge in [0.2, 0.25) is 0 Å². The summed E-state index contributed by atoms with van der Waals surface area (Å²) in [7, 11) is 0. The predicted octanol–water partition coefficient (Wildman–Crippen LogP) is 1.86. The highest BCUT2D eigenvalue weighted by Crippen LogP contribution is 2.33. The second kappa shape index (κ2) is 4.27. The molecular formula is C10H11BrN4S. The van der Waals surface area contributed by atoms with Crippen LogP contribution in [0.25, 0.3) is 10.2 Å². The Morgan fingerprint density at radius 2 is 2.12 bits per heavy atom. The van der Waals surface area contributed by atoms with Crippen LogP contribution in [0.2, 0.25) is 0 Å². The van der Waals surface area contributed by atoms with Gasteiger partial charge in [-0.05, 0) is 22.0 Å². The molecule has 2 aromatic rings. The molecule has 0 aliphatic carbocycles. The van der Waals surface area contributed by atoms with Crippen molar-refractivity contribution in [2.75, 3.05) is 31.1 Å². The number of hydrogen-bond donors (Lipinski definition) is 1. The Hall–Kier alpha value is -0.720. The lowest BCUT2D eigenvalue weighted by Crippen LogP contribution is -2.43. The zero-order chi connectivity index (χ0) is 11.0. The zero-order valence-corrected chi connectivity index (χ0v) is 11.0. The summed E-state index contributed by atoms with van der Waals surface area (Å²) in [4.78, 5) is 12.1. The first-order chi connectivity index (χ1) is 7.84. The third-order valence-corrected chi connectivity index (χ3v) is 4.24. The molecule has 0 unspecified atom stereocenters. The Bertz CT molecular complexity index is 506. The smallest absolute Gasteiger partial charge is 0.140 e. The van der Waals surface area contributed by atoms with Crippen LogP contribution < -0.4 is 10.2 Å². The van der Waals surface area contributed by atoms with E-state index in [1.807, 2.05) is 0 Å². The lowest BCUT2D eigenvalue weighted by molar-refractivity contribution is 0.586. The van der Waals surface area contributed by atoms with Gasteiger partial charge in [-0.15, -0.1) is 11.3 Å². The molecule has 0 bridgehead atoms. The van der Waals surface area contributed by atoms with Crippen LogP contribution in [0, 0.1) is 0 Å². The molecule has 0 amide bonds. The molecule has 1 saturated heterocycles. The van der Waals surface area contributed by atoms with Gasteiger partial charge in [-0.25, -0.2) is 9.97 Å². The lowest BCUT2D eigenvalue weighted by atomic mass is 10.3. The quantitative estimate of drug-likeness (QED) is 0.873. The summed E-state index contributed by atoms with van der Waals surface area (Å²) in [5, 5.41) is 4.50. The Morgan fingerprint density at radius 3 is 2.94 bits per heavy atom. The molecule has 0 saturated carbocycles. The van der Waals surface area contributed by atoms with Crippen molar-refractivity contribution < 1.29 is 0 Å². The Balaban J connectivity index is 2.07. The minimum absolute atomic E-state index is 1.01. The minimum atomic E-state index is 1.01. The number of rotatable bonds is 1. The van der Waals surface area contributed by atoms with E-state index in [1.165, 1.54) is 0 Å². The Morgan fingerprint density at radius 1 is 1.31 bits per heavy atom. The van der Waals surface area contributed by atoms with Gasteiger partial charge in [0.15, 0.2) is 0 Å². The van der Waals surface area contributed by atoms with Crippen LogP contribution in [0.5, 0.6) is 0 Å². The van der Waals surface area contributed by atoms with E-state index in [1.54, 1.807) is 17.7 Å². The highest BCUT2D eigenvalue weighted by atomic mass is 79.9. The van der Waals surface area contributed by atoms with Crippen LogP contribution in [0.1, 0.15) is 0 Å². The molecule has 4 nitrogen and oxygen atoms in total. The SMILES string of the molecule is Brc1cc2c(N3CCNCC3)ncnc2s1. The van der Waals surface area contributed by atoms with Gasteiger partial charge in [0.1, 0.15) is 17.0 Å². The molecule has 1 aliphatic rings. The number of nitrogens with one attached hydrogen (secondary N) is 1. The van der Waals surface area contributed by atoms with Gasteiger partial charge in [0, 0.05) is 26.2 Å². The summed E-state index contributed by atoms with van der Waals surface area (Å²) in [5.41, 5.74) is 0. The first kappa shape index (κ1) is 10.4. The van der Waals surface area contributed by atoms with Crippen LogP contribution in [0.3, 0.4) is 0 Å². The van der Waals surface area contributed by atoms with Gasteiger partial charge in [0.25, 0.3) is 0 Å². The third kappa shape index (κ3) is 1.81. The van der Waals surface area contributed by atoms with E-state index in [9.17, 15) is 0 Å². The van der Waals surface area contributed by atoms with Gasteiger partial charge < -0.3 is 10.2 Å². The molecule has 1 fully saturated rings. The van der Waals surface area contributed by atoms with Crippen molar-refractivity contribution in [1.29, 1.82) is 0 Å². The number of aromatic nitrogens is 2. The van der Waals surface area contributed by atoms with Crippen molar-refractivity contribution in [3.8, 4) is 0 Å². The zero-order valence-electron chi connectivity index (χ0n) is 8.61. The third-order valence-electron chi connectivity index (χ3n) is 2.69. The topological polar surface area (TPSA) is 41.0 Å². The molecule has 3 rings (SSSR count). The average Bonchev–Trinajstić information content (AvgIpc) is 2.70. The highest BCUT2D eigenvalue weighted by Gasteiger charge is 2.16. The van der Waals surface area contributed by atoms with Crippen molar-refractivity contribution in [2.24, 2.45) is 0 Å². The van der Waals surface area contributed by atoms with Crippen LogP contribution in [0.15, 0.2) is 16.2 Å². The normalized spacial score (nSPS) is 16.9. The fraction of sp³-hybridized carbons (Fsp3) is 0.400. The lowest BCUT2D eigenvalue weighted by Gasteiger charge is -2.28. The fourth-order valence-corrected chi connectivity index (χ4v) is 3.35. The number of thiophene rings is 1. The molecule has 1 N–H and O–H groups in total. The molecular weight excluding hydrogens is 288 g/mol. The first-order valence-corrected chi connectivity index (χ1v) is 6.81. The molecule has 16 heavy (non-hydrogen) atoms. The number of piperazine rings is 1. The van der Waals surface area contributed by atoms with Crippen molar-refractivity contribution >= 4 is 43.3 Å². The van der Waals surface area contributed by atoms with Crippen LogP contribution >= 0.6 is 27.3 Å². The van der Waals surface area contributed by atoms with E-state index in [2.05, 4.69) is 42.2 Å². The fourth-order valence-electron chi connectivity index (χ4n) is 1.94. The highest BCUT2D eigenvalue weighted by molar-refractivity contribution is 9.11. The molecule has 0 atom stereocenters. The van der Waals surface area contributed by atoms with Crippen molar-refractivity contribution in [1.82, 2.24) is 15.3 Å². The van der Waals surface area contributed by atoms with Crippen molar-refractivity contribution in [2.45, 2.75) is 0 Å². The summed E-state index contributed by atoms with van der Waals surface area (Å²) in [6, 6.07) is 2.11. The van der Waals surface area contributed by atoms with E-state index in [0.29, 0.717) is 0 Å². The molecule has 6 heteroatoms. The molecule has 84 valence electrons. The number of hydrogen-bond acceptors (Lipinski definition) is 5. The molecule has 3 heterocycles. The summed E-state index contributed by atoms with van der Waals surface area (Å²) in [6.07, 6.45) is 1.66. The van der Waals surface area contributed by atoms with Crippen molar-refractivity contribution in [3.05, 3.63) is 16.2 Å². The maximum atomic E-state index is 4.42. The Labute approximate surface area is 106 Å². The number of fused-ring (bicyclic) bond motifs is 1. The molecule has 0 aromatic carbocycles. The van der Waals surface area contributed by atoms with E-state index < -0.39 is 0 Å². The number of anilines is 1. The van der Waals surface area contributed by atoms with Crippen molar-refractivity contribution in [3.63, 3.8) is 0 Å². The van der Waals surface area contributed by atoms with Gasteiger partial charge >= 0.3 is 0 Å². The van der Waals surface area contributed by atoms with E-state index in [4.69, 9.17) is 0 Å².